The van der Waals surface area contributed by atoms with Gasteiger partial charge in [0.05, 0.1) is 13.7 Å². The van der Waals surface area contributed by atoms with Gasteiger partial charge in [-0.3, -0.25) is 0 Å². The van der Waals surface area contributed by atoms with E-state index in [-0.39, 0.29) is 12.6 Å². The van der Waals surface area contributed by atoms with Crippen LogP contribution in [0.2, 0.25) is 0 Å². The molecular formula is C10H11IO3. The molecule has 1 rings (SSSR count). The molecule has 0 aliphatic rings. The van der Waals surface area contributed by atoms with Gasteiger partial charge in [0, 0.05) is 3.57 Å². The van der Waals surface area contributed by atoms with Gasteiger partial charge in [0.2, 0.25) is 0 Å². The lowest BCUT2D eigenvalue weighted by atomic mass is 10.2. The van der Waals surface area contributed by atoms with Gasteiger partial charge in [-0.1, -0.05) is 12.1 Å². The lowest BCUT2D eigenvalue weighted by Gasteiger charge is -2.02. The Morgan fingerprint density at radius 3 is 2.57 bits per heavy atom. The Bertz CT molecular complexity index is 295. The first-order chi connectivity index (χ1) is 6.72. The van der Waals surface area contributed by atoms with Gasteiger partial charge in [0.15, 0.2) is 0 Å². The minimum Gasteiger partial charge on any atom is -0.467 e. The summed E-state index contributed by atoms with van der Waals surface area (Å²) in [6.07, 6.45) is 0. The maximum absolute atomic E-state index is 10.7. The number of hydrogen-bond donors (Lipinski definition) is 0. The highest BCUT2D eigenvalue weighted by Gasteiger charge is 1.99. The summed E-state index contributed by atoms with van der Waals surface area (Å²) >= 11 is 2.24. The first-order valence-corrected chi connectivity index (χ1v) is 5.19. The monoisotopic (exact) mass is 306 g/mol. The van der Waals surface area contributed by atoms with E-state index in [0.29, 0.717) is 6.61 Å². The van der Waals surface area contributed by atoms with Crippen molar-refractivity contribution >= 4 is 28.6 Å². The Morgan fingerprint density at radius 2 is 2.00 bits per heavy atom. The van der Waals surface area contributed by atoms with Crippen LogP contribution < -0.4 is 0 Å². The quantitative estimate of drug-likeness (QED) is 0.630. The van der Waals surface area contributed by atoms with Crippen molar-refractivity contribution in [1.29, 1.82) is 0 Å². The summed E-state index contributed by atoms with van der Waals surface area (Å²) in [5.41, 5.74) is 1.05. The fraction of sp³-hybridized carbons (Fsp3) is 0.300. The summed E-state index contributed by atoms with van der Waals surface area (Å²) in [5, 5.41) is 0. The molecule has 1 aromatic rings. The number of carbonyl (C=O) groups is 1. The first-order valence-electron chi connectivity index (χ1n) is 4.11. The van der Waals surface area contributed by atoms with Crippen LogP contribution in [0, 0.1) is 3.57 Å². The van der Waals surface area contributed by atoms with Crippen molar-refractivity contribution < 1.29 is 14.3 Å². The lowest BCUT2D eigenvalue weighted by Crippen LogP contribution is -2.09. The molecule has 0 aliphatic carbocycles. The number of carbonyl (C=O) groups excluding carboxylic acids is 1. The van der Waals surface area contributed by atoms with Gasteiger partial charge in [-0.15, -0.1) is 0 Å². The smallest absolute Gasteiger partial charge is 0.331 e. The van der Waals surface area contributed by atoms with Crippen LogP contribution in [0.25, 0.3) is 0 Å². The number of halogens is 1. The average molecular weight is 306 g/mol. The number of benzene rings is 1. The first kappa shape index (κ1) is 11.5. The molecule has 14 heavy (non-hydrogen) atoms. The molecule has 0 heterocycles. The van der Waals surface area contributed by atoms with Crippen molar-refractivity contribution in [3.63, 3.8) is 0 Å². The molecule has 0 atom stereocenters. The molecule has 0 bridgehead atoms. The highest BCUT2D eigenvalue weighted by molar-refractivity contribution is 14.1. The van der Waals surface area contributed by atoms with Gasteiger partial charge in [-0.05, 0) is 40.3 Å². The molecule has 3 nitrogen and oxygen atoms in total. The molecule has 0 amide bonds. The fourth-order valence-electron chi connectivity index (χ4n) is 0.892. The van der Waals surface area contributed by atoms with Crippen LogP contribution in [0.1, 0.15) is 5.56 Å². The van der Waals surface area contributed by atoms with E-state index in [2.05, 4.69) is 27.3 Å². The molecule has 0 fully saturated rings. The van der Waals surface area contributed by atoms with Crippen molar-refractivity contribution in [2.24, 2.45) is 0 Å². The summed E-state index contributed by atoms with van der Waals surface area (Å²) in [5.74, 6) is -0.351. The normalized spacial score (nSPS) is 9.86. The van der Waals surface area contributed by atoms with Gasteiger partial charge in [0.1, 0.15) is 6.61 Å². The van der Waals surface area contributed by atoms with Gasteiger partial charge in [-0.2, -0.15) is 0 Å². The Labute approximate surface area is 96.5 Å². The third-order valence-electron chi connectivity index (χ3n) is 1.63. The summed E-state index contributed by atoms with van der Waals surface area (Å²) in [6, 6.07) is 7.94. The Hall–Kier alpha value is -0.620. The largest absolute Gasteiger partial charge is 0.467 e. The highest BCUT2D eigenvalue weighted by Crippen LogP contribution is 2.07. The summed E-state index contributed by atoms with van der Waals surface area (Å²) in [4.78, 5) is 10.7. The van der Waals surface area contributed by atoms with Gasteiger partial charge < -0.3 is 9.47 Å². The highest BCUT2D eigenvalue weighted by atomic mass is 127. The van der Waals surface area contributed by atoms with E-state index in [1.54, 1.807) is 0 Å². The number of esters is 1. The maximum Gasteiger partial charge on any atom is 0.331 e. The van der Waals surface area contributed by atoms with Crippen LogP contribution in [0.15, 0.2) is 24.3 Å². The molecular weight excluding hydrogens is 295 g/mol. The fourth-order valence-corrected chi connectivity index (χ4v) is 1.25. The van der Waals surface area contributed by atoms with Crippen LogP contribution >= 0.6 is 22.6 Å². The van der Waals surface area contributed by atoms with Crippen LogP contribution in [0.3, 0.4) is 0 Å². The van der Waals surface area contributed by atoms with E-state index < -0.39 is 0 Å². The zero-order valence-corrected chi connectivity index (χ0v) is 9.98. The number of methoxy groups -OCH3 is 1. The molecule has 0 aromatic heterocycles. The van der Waals surface area contributed by atoms with Crippen LogP contribution in [-0.4, -0.2) is 19.7 Å². The predicted molar refractivity (Wildman–Crippen MR) is 60.8 cm³/mol. The maximum atomic E-state index is 10.7. The van der Waals surface area contributed by atoms with Crippen LogP contribution in [-0.2, 0) is 20.9 Å². The molecule has 0 aliphatic heterocycles. The third kappa shape index (κ3) is 4.06. The van der Waals surface area contributed by atoms with Crippen LogP contribution in [0.4, 0.5) is 0 Å². The molecule has 0 saturated heterocycles. The van der Waals surface area contributed by atoms with E-state index in [1.807, 2.05) is 24.3 Å². The van der Waals surface area contributed by atoms with E-state index >= 15 is 0 Å². The second-order valence-electron chi connectivity index (χ2n) is 2.70. The molecule has 0 saturated carbocycles. The van der Waals surface area contributed by atoms with Crippen molar-refractivity contribution in [3.8, 4) is 0 Å². The van der Waals surface area contributed by atoms with E-state index in [1.165, 1.54) is 10.7 Å². The molecule has 0 spiro atoms. The minimum absolute atomic E-state index is 0.00247. The second-order valence-corrected chi connectivity index (χ2v) is 3.94. The van der Waals surface area contributed by atoms with E-state index in [9.17, 15) is 4.79 Å². The van der Waals surface area contributed by atoms with Crippen LogP contribution in [0.5, 0.6) is 0 Å². The standard InChI is InChI=1S/C10H11IO3/c1-13-10(12)7-14-6-8-2-4-9(11)5-3-8/h2-5H,6-7H2,1H3. The zero-order chi connectivity index (χ0) is 10.4. The molecule has 1 aromatic carbocycles. The third-order valence-corrected chi connectivity index (χ3v) is 2.35. The Balaban J connectivity index is 2.31. The second kappa shape index (κ2) is 5.98. The van der Waals surface area contributed by atoms with Crippen molar-refractivity contribution in [2.75, 3.05) is 13.7 Å². The SMILES string of the molecule is COC(=O)COCc1ccc(I)cc1. The number of rotatable bonds is 4. The zero-order valence-electron chi connectivity index (χ0n) is 7.83. The predicted octanol–water partition coefficient (Wildman–Crippen LogP) is 1.98. The van der Waals surface area contributed by atoms with Gasteiger partial charge in [0.25, 0.3) is 0 Å². The minimum atomic E-state index is -0.351. The van der Waals surface area contributed by atoms with E-state index in [0.717, 1.165) is 5.56 Å². The van der Waals surface area contributed by atoms with Crippen molar-refractivity contribution in [3.05, 3.63) is 33.4 Å². The molecule has 0 radical (unpaired) electrons. The Kier molecular flexibility index (Phi) is 4.89. The molecule has 0 unspecified atom stereocenters. The molecule has 4 heteroatoms. The lowest BCUT2D eigenvalue weighted by molar-refractivity contribution is -0.146. The Morgan fingerprint density at radius 1 is 1.36 bits per heavy atom. The van der Waals surface area contributed by atoms with Crippen molar-refractivity contribution in [1.82, 2.24) is 0 Å². The topological polar surface area (TPSA) is 35.5 Å². The average Bonchev–Trinajstić information content (AvgIpc) is 2.21. The van der Waals surface area contributed by atoms with E-state index in [4.69, 9.17) is 4.74 Å². The van der Waals surface area contributed by atoms with Crippen molar-refractivity contribution in [2.45, 2.75) is 6.61 Å². The summed E-state index contributed by atoms with van der Waals surface area (Å²) in [7, 11) is 1.34. The number of ether oxygens (including phenoxy) is 2. The summed E-state index contributed by atoms with van der Waals surface area (Å²) in [6.45, 7) is 0.439. The summed E-state index contributed by atoms with van der Waals surface area (Å²) < 4.78 is 10.8. The molecule has 0 N–H and O–H groups in total. The van der Waals surface area contributed by atoms with Gasteiger partial charge in [-0.25, -0.2) is 4.79 Å². The number of hydrogen-bond acceptors (Lipinski definition) is 3. The van der Waals surface area contributed by atoms with Gasteiger partial charge >= 0.3 is 5.97 Å². The molecule has 76 valence electrons.